The lowest BCUT2D eigenvalue weighted by atomic mass is 9.82. The van der Waals surface area contributed by atoms with Crippen molar-refractivity contribution in [2.75, 3.05) is 4.90 Å². The summed E-state index contributed by atoms with van der Waals surface area (Å²) < 4.78 is 2.47. The highest BCUT2D eigenvalue weighted by Gasteiger charge is 2.36. The van der Waals surface area contributed by atoms with Gasteiger partial charge in [0.25, 0.3) is 0 Å². The predicted octanol–water partition coefficient (Wildman–Crippen LogP) is 15.0. The van der Waals surface area contributed by atoms with E-state index in [1.165, 1.54) is 88.2 Å². The van der Waals surface area contributed by atoms with Gasteiger partial charge in [0, 0.05) is 38.9 Å². The van der Waals surface area contributed by atoms with Gasteiger partial charge in [0.15, 0.2) is 0 Å². The van der Waals surface area contributed by atoms with Crippen molar-refractivity contribution in [3.63, 3.8) is 0 Å². The molecule has 1 heterocycles. The summed E-state index contributed by atoms with van der Waals surface area (Å²) in [5, 5.41) is 5.26. The van der Waals surface area contributed by atoms with Crippen LogP contribution in [0.15, 0.2) is 194 Å². The minimum Gasteiger partial charge on any atom is -0.310 e. The van der Waals surface area contributed by atoms with Crippen molar-refractivity contribution >= 4 is 49.6 Å². The molecule has 0 saturated carbocycles. The largest absolute Gasteiger partial charge is 0.310 e. The molecule has 0 fully saturated rings. The van der Waals surface area contributed by atoms with Gasteiger partial charge in [0.05, 0.1) is 11.0 Å². The van der Waals surface area contributed by atoms with Gasteiger partial charge in [0.1, 0.15) is 0 Å². The second kappa shape index (κ2) is 11.9. The van der Waals surface area contributed by atoms with Crippen LogP contribution in [0.5, 0.6) is 0 Å². The van der Waals surface area contributed by atoms with E-state index in [-0.39, 0.29) is 5.41 Å². The molecule has 12 rings (SSSR count). The van der Waals surface area contributed by atoms with Crippen LogP contribution in [0.1, 0.15) is 25.0 Å². The van der Waals surface area contributed by atoms with Gasteiger partial charge in [-0.15, -0.1) is 0 Å². The molecule has 0 atom stereocenters. The number of aromatic nitrogens is 1. The Morgan fingerprint density at radius 3 is 1.68 bits per heavy atom. The molecular weight excluding hydrogens is 689 g/mol. The van der Waals surface area contributed by atoms with Crippen LogP contribution in [0.25, 0.3) is 82.8 Å². The van der Waals surface area contributed by atoms with Crippen LogP contribution in [0, 0.1) is 0 Å². The van der Waals surface area contributed by atoms with Crippen molar-refractivity contribution < 1.29 is 0 Å². The molecule has 0 unspecified atom stereocenters. The molecule has 0 amide bonds. The highest BCUT2D eigenvalue weighted by molar-refractivity contribution is 6.30. The van der Waals surface area contributed by atoms with Crippen molar-refractivity contribution in [1.82, 2.24) is 4.57 Å². The molecular formula is C55H38N2. The number of rotatable bonds is 5. The third-order valence-corrected chi connectivity index (χ3v) is 12.7. The minimum atomic E-state index is -0.100. The molecule has 1 aromatic heterocycles. The number of nitrogens with zero attached hydrogens (tertiary/aromatic N) is 2. The second-order valence-electron chi connectivity index (χ2n) is 16.1. The maximum absolute atomic E-state index is 2.47. The number of hydrogen-bond donors (Lipinski definition) is 0. The Balaban J connectivity index is 1.03. The summed E-state index contributed by atoms with van der Waals surface area (Å²) in [6.07, 6.45) is 0. The Kier molecular flexibility index (Phi) is 6.72. The smallest absolute Gasteiger partial charge is 0.0547 e. The van der Waals surface area contributed by atoms with E-state index in [2.05, 4.69) is 217 Å². The van der Waals surface area contributed by atoms with Crippen LogP contribution in [0.4, 0.5) is 17.1 Å². The zero-order valence-electron chi connectivity index (χ0n) is 31.9. The topological polar surface area (TPSA) is 8.17 Å². The minimum absolute atomic E-state index is 0.100. The maximum Gasteiger partial charge on any atom is 0.0547 e. The lowest BCUT2D eigenvalue weighted by molar-refractivity contribution is 0.660. The number of anilines is 3. The van der Waals surface area contributed by atoms with Crippen molar-refractivity contribution in [2.24, 2.45) is 0 Å². The van der Waals surface area contributed by atoms with Gasteiger partial charge in [0.2, 0.25) is 0 Å². The van der Waals surface area contributed by atoms with Crippen LogP contribution in [-0.2, 0) is 5.41 Å². The molecule has 0 radical (unpaired) electrons. The summed E-state index contributed by atoms with van der Waals surface area (Å²) in [7, 11) is 0. The molecule has 0 aliphatic heterocycles. The van der Waals surface area contributed by atoms with Gasteiger partial charge in [-0.05, 0) is 127 Å². The summed E-state index contributed by atoms with van der Waals surface area (Å²) >= 11 is 0. The molecule has 9 aromatic carbocycles. The fourth-order valence-corrected chi connectivity index (χ4v) is 10.1. The number of fused-ring (bicyclic) bond motifs is 6. The van der Waals surface area contributed by atoms with Crippen LogP contribution < -0.4 is 4.90 Å². The molecule has 2 aliphatic carbocycles. The van der Waals surface area contributed by atoms with E-state index in [0.717, 1.165) is 22.7 Å². The monoisotopic (exact) mass is 726 g/mol. The first-order valence-corrected chi connectivity index (χ1v) is 19.9. The van der Waals surface area contributed by atoms with E-state index in [0.29, 0.717) is 0 Å². The van der Waals surface area contributed by atoms with E-state index in [4.69, 9.17) is 0 Å². The van der Waals surface area contributed by atoms with E-state index in [1.54, 1.807) is 0 Å². The molecule has 0 bridgehead atoms. The SMILES string of the molecule is CC1(C)c2ccccc2-c2ccc(N(c3ccc(-c4ccccc4)cc3)c3ccc(-n4c5cccc6c5c5c7c(cccc7ccc54)-c4ccccc4-6)cc3)cc21. The molecule has 2 heteroatoms. The molecule has 268 valence electrons. The quantitative estimate of drug-likeness (QED) is 0.171. The zero-order chi connectivity index (χ0) is 37.8. The highest BCUT2D eigenvalue weighted by Crippen LogP contribution is 2.52. The summed E-state index contributed by atoms with van der Waals surface area (Å²) in [4.78, 5) is 2.41. The first-order chi connectivity index (χ1) is 28.0. The lowest BCUT2D eigenvalue weighted by Crippen LogP contribution is -2.16. The standard InChI is InChI=1S/C55H38N2/c1-55(2)48-20-9-8-17-44(48)45-32-31-41(34-49(45)55)56(38-25-22-36(23-26-38)35-12-4-3-5-13-35)39-27-29-40(30-28-39)57-50-21-11-19-47-43-16-7-6-15-42(43)46-18-10-14-37-24-33-51(57)54(52(37)46)53(47)50/h3-34H,1-2H3. The molecule has 0 saturated heterocycles. The third kappa shape index (κ3) is 4.59. The van der Waals surface area contributed by atoms with E-state index < -0.39 is 0 Å². The zero-order valence-corrected chi connectivity index (χ0v) is 31.9. The van der Waals surface area contributed by atoms with Gasteiger partial charge in [-0.2, -0.15) is 0 Å². The molecule has 10 aromatic rings. The average Bonchev–Trinajstić information content (AvgIpc) is 3.68. The predicted molar refractivity (Wildman–Crippen MR) is 240 cm³/mol. The summed E-state index contributed by atoms with van der Waals surface area (Å²) in [6, 6.07) is 71.8. The van der Waals surface area contributed by atoms with Crippen LogP contribution in [0.2, 0.25) is 0 Å². The van der Waals surface area contributed by atoms with Crippen molar-refractivity contribution in [2.45, 2.75) is 19.3 Å². The summed E-state index contributed by atoms with van der Waals surface area (Å²) in [5.41, 5.74) is 19.9. The van der Waals surface area contributed by atoms with E-state index >= 15 is 0 Å². The number of hydrogen-bond acceptors (Lipinski definition) is 1. The Bertz CT molecular complexity index is 3240. The van der Waals surface area contributed by atoms with Crippen LogP contribution in [-0.4, -0.2) is 4.57 Å². The van der Waals surface area contributed by atoms with E-state index in [1.807, 2.05) is 0 Å². The van der Waals surface area contributed by atoms with E-state index in [9.17, 15) is 0 Å². The van der Waals surface area contributed by atoms with Crippen LogP contribution in [0.3, 0.4) is 0 Å². The second-order valence-corrected chi connectivity index (χ2v) is 16.1. The van der Waals surface area contributed by atoms with Gasteiger partial charge in [-0.3, -0.25) is 0 Å². The Morgan fingerprint density at radius 1 is 0.368 bits per heavy atom. The van der Waals surface area contributed by atoms with Crippen molar-refractivity contribution in [1.29, 1.82) is 0 Å². The normalized spacial score (nSPS) is 13.2. The molecule has 2 aliphatic rings. The first-order valence-electron chi connectivity index (χ1n) is 19.9. The highest BCUT2D eigenvalue weighted by atomic mass is 15.1. The third-order valence-electron chi connectivity index (χ3n) is 12.7. The van der Waals surface area contributed by atoms with Gasteiger partial charge in [-0.1, -0.05) is 147 Å². The first kappa shape index (κ1) is 32.1. The Morgan fingerprint density at radius 2 is 0.930 bits per heavy atom. The summed E-state index contributed by atoms with van der Waals surface area (Å²) in [6.45, 7) is 4.71. The maximum atomic E-state index is 2.47. The van der Waals surface area contributed by atoms with Gasteiger partial charge in [-0.25, -0.2) is 0 Å². The fourth-order valence-electron chi connectivity index (χ4n) is 10.1. The van der Waals surface area contributed by atoms with Crippen molar-refractivity contribution in [3.05, 3.63) is 205 Å². The average molecular weight is 727 g/mol. The Labute approximate surface area is 332 Å². The Hall–Kier alpha value is -7.16. The van der Waals surface area contributed by atoms with Crippen molar-refractivity contribution in [3.8, 4) is 50.2 Å². The lowest BCUT2D eigenvalue weighted by Gasteiger charge is -2.28. The molecule has 0 spiro atoms. The van der Waals surface area contributed by atoms with Crippen LogP contribution >= 0.6 is 0 Å². The molecule has 0 N–H and O–H groups in total. The molecule has 57 heavy (non-hydrogen) atoms. The van der Waals surface area contributed by atoms with Gasteiger partial charge < -0.3 is 9.47 Å². The molecule has 2 nitrogen and oxygen atoms in total. The summed E-state index contributed by atoms with van der Waals surface area (Å²) in [5.74, 6) is 0. The fraction of sp³-hybridized carbons (Fsp3) is 0.0545. The van der Waals surface area contributed by atoms with Gasteiger partial charge >= 0.3 is 0 Å². The number of benzene rings is 9.